The molecule has 3 aromatic heterocycles. The predicted octanol–water partition coefficient (Wildman–Crippen LogP) is 3.72. The van der Waals surface area contributed by atoms with Gasteiger partial charge in [-0.25, -0.2) is 4.98 Å². The van der Waals surface area contributed by atoms with Crippen LogP contribution in [0.5, 0.6) is 0 Å². The van der Waals surface area contributed by atoms with Gasteiger partial charge in [-0.3, -0.25) is 9.20 Å². The van der Waals surface area contributed by atoms with Crippen LogP contribution in [0.3, 0.4) is 0 Å². The Morgan fingerprint density at radius 3 is 2.97 bits per heavy atom. The normalized spacial score (nSPS) is 14.5. The zero-order chi connectivity index (χ0) is 22.9. The van der Waals surface area contributed by atoms with E-state index < -0.39 is 0 Å². The van der Waals surface area contributed by atoms with Gasteiger partial charge in [0, 0.05) is 23.4 Å². The number of ether oxygens (including phenoxy) is 1. The van der Waals surface area contributed by atoms with Crippen molar-refractivity contribution in [2.75, 3.05) is 11.9 Å². The molecule has 5 rings (SSSR count). The van der Waals surface area contributed by atoms with Crippen molar-refractivity contribution in [3.63, 3.8) is 0 Å². The number of carbonyl (C=O) groups is 1. The Balaban J connectivity index is 1.34. The monoisotopic (exact) mass is 447 g/mol. The van der Waals surface area contributed by atoms with Crippen LogP contribution in [0.4, 0.5) is 5.69 Å². The first kappa shape index (κ1) is 21.3. The Morgan fingerprint density at radius 1 is 1.33 bits per heavy atom. The Kier molecular flexibility index (Phi) is 5.65. The second-order valence-corrected chi connectivity index (χ2v) is 8.43. The molecule has 9 nitrogen and oxygen atoms in total. The van der Waals surface area contributed by atoms with Crippen LogP contribution in [0.25, 0.3) is 17.0 Å². The molecule has 0 saturated heterocycles. The van der Waals surface area contributed by atoms with Gasteiger partial charge < -0.3 is 19.7 Å². The van der Waals surface area contributed by atoms with E-state index in [1.807, 2.05) is 37.3 Å². The third-order valence-electron chi connectivity index (χ3n) is 5.71. The predicted molar refractivity (Wildman–Crippen MR) is 121 cm³/mol. The smallest absolute Gasteiger partial charge is 0.274 e. The number of aliphatic hydroxyl groups excluding tert-OH is 1. The van der Waals surface area contributed by atoms with Crippen LogP contribution in [0.15, 0.2) is 47.2 Å². The maximum absolute atomic E-state index is 13.1. The molecule has 1 unspecified atom stereocenters. The summed E-state index contributed by atoms with van der Waals surface area (Å²) < 4.78 is 12.7. The lowest BCUT2D eigenvalue weighted by molar-refractivity contribution is 0.0145. The number of aromatic nitrogens is 4. The maximum atomic E-state index is 13.1. The summed E-state index contributed by atoms with van der Waals surface area (Å²) >= 11 is 0. The van der Waals surface area contributed by atoms with Crippen molar-refractivity contribution >= 4 is 17.2 Å². The number of amides is 1. The third-order valence-corrected chi connectivity index (χ3v) is 5.71. The SMILES string of the molecule is Cc1ccc(-c2noc(C3CC3)n2)cc1NC(=O)c1cnc2cc(COC(C)CO)ccn12. The number of nitrogens with zero attached hydrogens (tertiary/aromatic N) is 4. The molecular formula is C24H25N5O4. The highest BCUT2D eigenvalue weighted by Crippen LogP contribution is 2.39. The summed E-state index contributed by atoms with van der Waals surface area (Å²) in [5, 5.41) is 16.2. The Labute approximate surface area is 190 Å². The van der Waals surface area contributed by atoms with E-state index in [0.29, 0.717) is 41.3 Å². The highest BCUT2D eigenvalue weighted by atomic mass is 16.5. The molecule has 1 amide bonds. The summed E-state index contributed by atoms with van der Waals surface area (Å²) in [5.74, 6) is 1.31. The van der Waals surface area contributed by atoms with E-state index in [1.54, 1.807) is 23.7 Å². The summed E-state index contributed by atoms with van der Waals surface area (Å²) in [6, 6.07) is 9.43. The number of benzene rings is 1. The summed E-state index contributed by atoms with van der Waals surface area (Å²) in [5.41, 5.74) is 4.35. The molecule has 4 aromatic rings. The number of aliphatic hydroxyl groups is 1. The van der Waals surface area contributed by atoms with Gasteiger partial charge in [0.25, 0.3) is 5.91 Å². The Bertz CT molecular complexity index is 1310. The number of carbonyl (C=O) groups excluding carboxylic acids is 1. The van der Waals surface area contributed by atoms with Gasteiger partial charge >= 0.3 is 0 Å². The molecule has 1 fully saturated rings. The molecule has 1 atom stereocenters. The molecule has 0 bridgehead atoms. The number of anilines is 1. The van der Waals surface area contributed by atoms with Gasteiger partial charge in [0.2, 0.25) is 11.7 Å². The van der Waals surface area contributed by atoms with Crippen molar-refractivity contribution < 1.29 is 19.2 Å². The van der Waals surface area contributed by atoms with Crippen LogP contribution in [0.1, 0.15) is 53.2 Å². The molecule has 9 heteroatoms. The van der Waals surface area contributed by atoms with Gasteiger partial charge in [0.05, 0.1) is 25.5 Å². The summed E-state index contributed by atoms with van der Waals surface area (Å²) in [4.78, 5) is 21.9. The van der Waals surface area contributed by atoms with E-state index in [1.165, 1.54) is 0 Å². The molecule has 0 spiro atoms. The lowest BCUT2D eigenvalue weighted by Gasteiger charge is -2.11. The molecular weight excluding hydrogens is 422 g/mol. The summed E-state index contributed by atoms with van der Waals surface area (Å²) in [7, 11) is 0. The van der Waals surface area contributed by atoms with Gasteiger partial charge in [-0.15, -0.1) is 0 Å². The largest absolute Gasteiger partial charge is 0.394 e. The number of fused-ring (bicyclic) bond motifs is 1. The fraction of sp³-hybridized carbons (Fsp3) is 0.333. The van der Waals surface area contributed by atoms with Crippen LogP contribution < -0.4 is 5.32 Å². The molecule has 0 radical (unpaired) electrons. The fourth-order valence-corrected chi connectivity index (χ4v) is 3.50. The van der Waals surface area contributed by atoms with E-state index in [0.717, 1.165) is 29.5 Å². The molecule has 1 aliphatic rings. The van der Waals surface area contributed by atoms with Crippen molar-refractivity contribution in [1.82, 2.24) is 19.5 Å². The molecule has 1 aromatic carbocycles. The molecule has 0 aliphatic heterocycles. The van der Waals surface area contributed by atoms with Crippen molar-refractivity contribution in [1.29, 1.82) is 0 Å². The molecule has 33 heavy (non-hydrogen) atoms. The van der Waals surface area contributed by atoms with Gasteiger partial charge in [-0.2, -0.15) is 4.98 Å². The minimum Gasteiger partial charge on any atom is -0.394 e. The van der Waals surface area contributed by atoms with Crippen LogP contribution in [-0.4, -0.2) is 43.2 Å². The zero-order valence-corrected chi connectivity index (χ0v) is 18.5. The average Bonchev–Trinajstić information content (AvgIpc) is 3.39. The van der Waals surface area contributed by atoms with Crippen molar-refractivity contribution in [3.8, 4) is 11.4 Å². The highest BCUT2D eigenvalue weighted by Gasteiger charge is 2.29. The topological polar surface area (TPSA) is 115 Å². The van der Waals surface area contributed by atoms with Gasteiger partial charge in [-0.05, 0) is 56.0 Å². The molecule has 1 saturated carbocycles. The second kappa shape index (κ2) is 8.76. The van der Waals surface area contributed by atoms with Crippen LogP contribution in [0.2, 0.25) is 0 Å². The van der Waals surface area contributed by atoms with Crippen LogP contribution in [-0.2, 0) is 11.3 Å². The third kappa shape index (κ3) is 4.50. The second-order valence-electron chi connectivity index (χ2n) is 8.43. The lowest BCUT2D eigenvalue weighted by atomic mass is 10.1. The lowest BCUT2D eigenvalue weighted by Crippen LogP contribution is -2.15. The van der Waals surface area contributed by atoms with Gasteiger partial charge in [-0.1, -0.05) is 17.3 Å². The van der Waals surface area contributed by atoms with Crippen molar-refractivity contribution in [3.05, 3.63) is 65.4 Å². The molecule has 1 aliphatic carbocycles. The Hall–Kier alpha value is -3.56. The van der Waals surface area contributed by atoms with Crippen LogP contribution >= 0.6 is 0 Å². The number of imidazole rings is 1. The van der Waals surface area contributed by atoms with Crippen molar-refractivity contribution in [2.45, 2.75) is 45.3 Å². The van der Waals surface area contributed by atoms with E-state index in [9.17, 15) is 4.79 Å². The van der Waals surface area contributed by atoms with Gasteiger partial charge in [0.15, 0.2) is 0 Å². The number of pyridine rings is 1. The van der Waals surface area contributed by atoms with E-state index >= 15 is 0 Å². The first-order valence-corrected chi connectivity index (χ1v) is 11.0. The van der Waals surface area contributed by atoms with Gasteiger partial charge in [0.1, 0.15) is 11.3 Å². The van der Waals surface area contributed by atoms with Crippen molar-refractivity contribution in [2.24, 2.45) is 0 Å². The number of hydrogen-bond acceptors (Lipinski definition) is 7. The van der Waals surface area contributed by atoms with E-state index in [4.69, 9.17) is 14.4 Å². The zero-order valence-electron chi connectivity index (χ0n) is 18.5. The minimum absolute atomic E-state index is 0.0367. The number of hydrogen-bond donors (Lipinski definition) is 2. The van der Waals surface area contributed by atoms with E-state index in [-0.39, 0.29) is 18.6 Å². The fourth-order valence-electron chi connectivity index (χ4n) is 3.50. The van der Waals surface area contributed by atoms with E-state index in [2.05, 4.69) is 20.4 Å². The average molecular weight is 447 g/mol. The Morgan fingerprint density at radius 2 is 2.18 bits per heavy atom. The summed E-state index contributed by atoms with van der Waals surface area (Å²) in [6.07, 6.45) is 5.28. The summed E-state index contributed by atoms with van der Waals surface area (Å²) in [6.45, 7) is 4.06. The molecule has 2 N–H and O–H groups in total. The highest BCUT2D eigenvalue weighted by molar-refractivity contribution is 6.04. The first-order chi connectivity index (χ1) is 16.0. The van der Waals surface area contributed by atoms with Crippen LogP contribution in [0, 0.1) is 6.92 Å². The number of aryl methyl sites for hydroxylation is 1. The minimum atomic E-state index is -0.271. The standard InChI is InChI=1S/C24H25N5O4/c1-14-3-4-18(22-27-24(33-28-22)17-5-6-17)10-19(14)26-23(31)20-11-25-21-9-16(7-8-29(20)21)13-32-15(2)12-30/h3-4,7-11,15,17,30H,5-6,12-13H2,1-2H3,(H,26,31). The molecule has 3 heterocycles. The number of rotatable bonds is 8. The first-order valence-electron chi connectivity index (χ1n) is 11.0. The number of nitrogens with one attached hydrogen (secondary N) is 1. The molecule has 170 valence electrons. The maximum Gasteiger partial charge on any atom is 0.274 e. The quantitative estimate of drug-likeness (QED) is 0.423.